The van der Waals surface area contributed by atoms with Crippen molar-refractivity contribution in [2.24, 2.45) is 5.92 Å². The molecule has 34 heavy (non-hydrogen) atoms. The number of rotatable bonds is 8. The predicted molar refractivity (Wildman–Crippen MR) is 125 cm³/mol. The summed E-state index contributed by atoms with van der Waals surface area (Å²) in [6.45, 7) is 5.91. The summed E-state index contributed by atoms with van der Waals surface area (Å²) in [5.41, 5.74) is 1.44. The minimum Gasteiger partial charge on any atom is -0.432 e. The summed E-state index contributed by atoms with van der Waals surface area (Å²) < 4.78 is 11.2. The highest BCUT2D eigenvalue weighted by Crippen LogP contribution is 2.45. The molecule has 1 amide bonds. The number of aliphatic hydroxyl groups is 5. The number of aryl methyl sites for hydroxylation is 1. The molecule has 7 N–H and O–H groups in total. The second-order valence-corrected chi connectivity index (χ2v) is 13.9. The molecule has 9 atom stereocenters. The second kappa shape index (κ2) is 11.1. The van der Waals surface area contributed by atoms with Gasteiger partial charge in [0.1, 0.15) is 18.3 Å². The smallest absolute Gasteiger partial charge is 0.256 e. The summed E-state index contributed by atoms with van der Waals surface area (Å²) in [5.74, 6) is -0.600. The minimum atomic E-state index is -2.47. The van der Waals surface area contributed by atoms with E-state index >= 15 is 0 Å². The molecule has 0 bridgehead atoms. The van der Waals surface area contributed by atoms with E-state index in [1.807, 2.05) is 19.2 Å². The minimum absolute atomic E-state index is 0.0131. The first-order valence-electron chi connectivity index (χ1n) is 11.7. The Kier molecular flexibility index (Phi) is 8.88. The molecule has 2 aliphatic rings. The summed E-state index contributed by atoms with van der Waals surface area (Å²) in [5, 5.41) is 51.1. The van der Waals surface area contributed by atoms with E-state index in [1.165, 1.54) is 0 Å². The second-order valence-electron chi connectivity index (χ2n) is 9.91. The zero-order chi connectivity index (χ0) is 25.2. The number of hydrogen-bond acceptors (Lipinski definition) is 9. The van der Waals surface area contributed by atoms with Gasteiger partial charge in [0.05, 0.1) is 12.2 Å². The lowest BCUT2D eigenvalue weighted by Gasteiger charge is -2.37. The van der Waals surface area contributed by atoms with Crippen molar-refractivity contribution >= 4 is 19.9 Å². The van der Waals surface area contributed by atoms with Crippen molar-refractivity contribution in [2.45, 2.75) is 87.7 Å². The van der Waals surface area contributed by atoms with Crippen LogP contribution in [0.4, 0.5) is 5.69 Å². The molecule has 0 aromatic heterocycles. The Morgan fingerprint density at radius 2 is 1.74 bits per heavy atom. The molecule has 1 aromatic rings. The SMILES string of the molecule is C[C@@H]1[C@@H]([Si](C)(C)O)[C@H](CCO)O[C@@H]1CCc1cccc(NC(=O)[C@H]2O[C@@H](O)[C@H](O)[C@@H](O)[C@@H]2O)c1. The molecule has 0 saturated carbocycles. The third-order valence-electron chi connectivity index (χ3n) is 6.89. The lowest BCUT2D eigenvalue weighted by molar-refractivity contribution is -0.274. The van der Waals surface area contributed by atoms with Crippen LogP contribution in [0.25, 0.3) is 0 Å². The number of carbonyl (C=O) groups excluding carboxylic acids is 1. The Morgan fingerprint density at radius 1 is 1.03 bits per heavy atom. The van der Waals surface area contributed by atoms with Crippen LogP contribution in [0.15, 0.2) is 24.3 Å². The van der Waals surface area contributed by atoms with Crippen LogP contribution in [0, 0.1) is 5.92 Å². The maximum absolute atomic E-state index is 12.6. The highest BCUT2D eigenvalue weighted by atomic mass is 28.4. The fourth-order valence-corrected chi connectivity index (χ4v) is 7.87. The fourth-order valence-electron chi connectivity index (χ4n) is 5.21. The lowest BCUT2D eigenvalue weighted by Crippen LogP contribution is -2.60. The average molecular weight is 500 g/mol. The summed E-state index contributed by atoms with van der Waals surface area (Å²) >= 11 is 0. The van der Waals surface area contributed by atoms with E-state index in [2.05, 4.69) is 12.2 Å². The molecular weight excluding hydrogens is 462 g/mol. The number of benzene rings is 1. The van der Waals surface area contributed by atoms with Crippen LogP contribution in [0.5, 0.6) is 0 Å². The number of amides is 1. The highest BCUT2D eigenvalue weighted by Gasteiger charge is 2.49. The molecule has 2 aliphatic heterocycles. The highest BCUT2D eigenvalue weighted by molar-refractivity contribution is 6.71. The Bertz CT molecular complexity index is 835. The number of anilines is 1. The van der Waals surface area contributed by atoms with E-state index in [0.717, 1.165) is 5.56 Å². The molecular formula is C23H37NO9Si. The van der Waals surface area contributed by atoms with Gasteiger partial charge in [-0.05, 0) is 56.0 Å². The van der Waals surface area contributed by atoms with Crippen molar-refractivity contribution < 1.29 is 44.6 Å². The Hall–Kier alpha value is -1.41. The normalized spacial score (nSPS) is 36.4. The van der Waals surface area contributed by atoms with Crippen LogP contribution in [-0.2, 0) is 20.7 Å². The largest absolute Gasteiger partial charge is 0.432 e. The van der Waals surface area contributed by atoms with E-state index in [-0.39, 0.29) is 30.3 Å². The fraction of sp³-hybridized carbons (Fsp3) is 0.696. The first kappa shape index (κ1) is 27.2. The summed E-state index contributed by atoms with van der Waals surface area (Å²) in [4.78, 5) is 23.3. The van der Waals surface area contributed by atoms with Crippen molar-refractivity contribution in [2.75, 3.05) is 11.9 Å². The van der Waals surface area contributed by atoms with Crippen molar-refractivity contribution in [3.8, 4) is 0 Å². The summed E-state index contributed by atoms with van der Waals surface area (Å²) in [6.07, 6.45) is -6.80. The zero-order valence-electron chi connectivity index (χ0n) is 19.7. The molecule has 2 fully saturated rings. The summed E-state index contributed by atoms with van der Waals surface area (Å²) in [7, 11) is -2.47. The lowest BCUT2D eigenvalue weighted by atomic mass is 9.95. The number of nitrogens with one attached hydrogen (secondary N) is 1. The van der Waals surface area contributed by atoms with Crippen molar-refractivity contribution in [1.29, 1.82) is 0 Å². The number of carbonyl (C=O) groups is 1. The van der Waals surface area contributed by atoms with Gasteiger partial charge in [-0.3, -0.25) is 4.79 Å². The van der Waals surface area contributed by atoms with Crippen LogP contribution in [0.2, 0.25) is 18.6 Å². The standard InChI is InChI=1S/C23H37NO9Si/c1-12-15(32-16(9-10-25)21(12)34(2,3)31)8-7-13-5-4-6-14(11-13)24-22(29)20-18(27)17(26)19(28)23(30)33-20/h4-6,11-12,15-21,23,25-28,30-31H,7-10H2,1-3H3,(H,24,29)/t12-,15+,16-,17-,18-,19+,20-,21+,23+/m0/s1. The zero-order valence-corrected chi connectivity index (χ0v) is 20.7. The van der Waals surface area contributed by atoms with Gasteiger partial charge < -0.3 is 45.1 Å². The third-order valence-corrected chi connectivity index (χ3v) is 9.42. The molecule has 192 valence electrons. The molecule has 2 saturated heterocycles. The van der Waals surface area contributed by atoms with Crippen molar-refractivity contribution in [3.63, 3.8) is 0 Å². The Balaban J connectivity index is 1.61. The van der Waals surface area contributed by atoms with Gasteiger partial charge in [0.2, 0.25) is 0 Å². The van der Waals surface area contributed by atoms with Gasteiger partial charge in [0.25, 0.3) is 5.91 Å². The topological polar surface area (TPSA) is 169 Å². The molecule has 10 nitrogen and oxygen atoms in total. The first-order chi connectivity index (χ1) is 15.9. The monoisotopic (exact) mass is 499 g/mol. The van der Waals surface area contributed by atoms with E-state index in [1.54, 1.807) is 18.2 Å². The van der Waals surface area contributed by atoms with Gasteiger partial charge in [-0.15, -0.1) is 0 Å². The van der Waals surface area contributed by atoms with Crippen LogP contribution in [0.1, 0.15) is 25.3 Å². The molecule has 0 spiro atoms. The number of hydrogen-bond donors (Lipinski definition) is 7. The van der Waals surface area contributed by atoms with E-state index in [4.69, 9.17) is 9.47 Å². The van der Waals surface area contributed by atoms with Crippen LogP contribution in [-0.4, -0.2) is 94.1 Å². The van der Waals surface area contributed by atoms with Gasteiger partial charge in [-0.25, -0.2) is 0 Å². The van der Waals surface area contributed by atoms with Gasteiger partial charge in [0, 0.05) is 17.8 Å². The van der Waals surface area contributed by atoms with Crippen molar-refractivity contribution in [1.82, 2.24) is 0 Å². The van der Waals surface area contributed by atoms with Gasteiger partial charge in [-0.2, -0.15) is 0 Å². The van der Waals surface area contributed by atoms with Gasteiger partial charge in [-0.1, -0.05) is 19.1 Å². The molecule has 3 rings (SSSR count). The van der Waals surface area contributed by atoms with Crippen LogP contribution >= 0.6 is 0 Å². The van der Waals surface area contributed by atoms with Crippen LogP contribution in [0.3, 0.4) is 0 Å². The molecule has 2 heterocycles. The quantitative estimate of drug-likeness (QED) is 0.238. The molecule has 11 heteroatoms. The van der Waals surface area contributed by atoms with E-state index in [9.17, 15) is 35.1 Å². The van der Waals surface area contributed by atoms with Crippen molar-refractivity contribution in [3.05, 3.63) is 29.8 Å². The maximum Gasteiger partial charge on any atom is 0.256 e. The Morgan fingerprint density at radius 3 is 2.38 bits per heavy atom. The van der Waals surface area contributed by atoms with Gasteiger partial charge in [0.15, 0.2) is 20.7 Å². The number of ether oxygens (including phenoxy) is 2. The molecule has 0 aliphatic carbocycles. The van der Waals surface area contributed by atoms with Gasteiger partial charge >= 0.3 is 0 Å². The average Bonchev–Trinajstić information content (AvgIpc) is 3.09. The maximum atomic E-state index is 12.6. The molecule has 1 aromatic carbocycles. The third kappa shape index (κ3) is 6.04. The molecule has 0 radical (unpaired) electrons. The van der Waals surface area contributed by atoms with E-state index < -0.39 is 44.9 Å². The van der Waals surface area contributed by atoms with Crippen LogP contribution < -0.4 is 5.32 Å². The predicted octanol–water partition coefficient (Wildman–Crippen LogP) is -0.289. The first-order valence-corrected chi connectivity index (χ1v) is 14.7. The summed E-state index contributed by atoms with van der Waals surface area (Å²) in [6, 6.07) is 7.14. The molecule has 0 unspecified atom stereocenters. The number of aliphatic hydroxyl groups excluding tert-OH is 5. The van der Waals surface area contributed by atoms with E-state index in [0.29, 0.717) is 24.9 Å². The Labute approximate surface area is 200 Å².